The van der Waals surface area contributed by atoms with E-state index in [9.17, 15) is 4.39 Å². The zero-order valence-electron chi connectivity index (χ0n) is 10.1. The van der Waals surface area contributed by atoms with Crippen LogP contribution in [0, 0.1) is 12.7 Å². The number of aryl methyl sites for hydroxylation is 1. The Hall–Kier alpha value is -2.12. The maximum absolute atomic E-state index is 13.7. The van der Waals surface area contributed by atoms with Gasteiger partial charge in [0.05, 0.1) is 0 Å². The molecular formula is C12H11BFNO4. The van der Waals surface area contributed by atoms with Gasteiger partial charge >= 0.3 is 7.32 Å². The van der Waals surface area contributed by atoms with Crippen molar-refractivity contribution in [1.29, 1.82) is 0 Å². The van der Waals surface area contributed by atoms with Crippen LogP contribution in [0.1, 0.15) is 5.69 Å². The summed E-state index contributed by atoms with van der Waals surface area (Å²) in [6.07, 6.45) is 1.56. The van der Waals surface area contributed by atoms with E-state index < -0.39 is 13.1 Å². The third kappa shape index (κ3) is 3.67. The zero-order valence-corrected chi connectivity index (χ0v) is 10.1. The van der Waals surface area contributed by atoms with Crippen LogP contribution < -0.4 is 9.39 Å². The molecule has 5 nitrogen and oxygen atoms in total. The summed E-state index contributed by atoms with van der Waals surface area (Å²) in [4.78, 5) is 4.00. The molecule has 7 heteroatoms. The number of aromatic nitrogens is 1. The summed E-state index contributed by atoms with van der Waals surface area (Å²) >= 11 is 0. The molecule has 1 aromatic carbocycles. The summed E-state index contributed by atoms with van der Waals surface area (Å²) in [5.41, 5.74) is 0.751. The van der Waals surface area contributed by atoms with E-state index in [1.54, 1.807) is 25.3 Å². The van der Waals surface area contributed by atoms with Crippen molar-refractivity contribution < 1.29 is 23.8 Å². The van der Waals surface area contributed by atoms with Gasteiger partial charge in [-0.3, -0.25) is 4.98 Å². The van der Waals surface area contributed by atoms with Crippen molar-refractivity contribution in [3.8, 4) is 17.2 Å². The van der Waals surface area contributed by atoms with E-state index in [4.69, 9.17) is 14.8 Å². The molecular weight excluding hydrogens is 252 g/mol. The summed E-state index contributed by atoms with van der Waals surface area (Å²) in [6, 6.07) is 6.98. The molecule has 2 N–H and O–H groups in total. The first-order chi connectivity index (χ1) is 9.04. The molecule has 0 saturated heterocycles. The van der Waals surface area contributed by atoms with Crippen LogP contribution in [0.4, 0.5) is 4.39 Å². The Morgan fingerprint density at radius 1 is 1.16 bits per heavy atom. The largest absolute Gasteiger partial charge is 0.707 e. The molecule has 1 aromatic heterocycles. The van der Waals surface area contributed by atoms with Crippen molar-refractivity contribution in [1.82, 2.24) is 4.98 Å². The SMILES string of the molecule is Cc1cc(Oc2ccc(OB(O)O)cc2F)ccn1. The van der Waals surface area contributed by atoms with Crippen molar-refractivity contribution in [2.24, 2.45) is 0 Å². The zero-order chi connectivity index (χ0) is 13.8. The Bertz CT molecular complexity index is 579. The Morgan fingerprint density at radius 3 is 2.58 bits per heavy atom. The molecule has 1 heterocycles. The minimum atomic E-state index is -1.99. The molecule has 2 rings (SSSR count). The minimum Gasteiger partial charge on any atom is -0.512 e. The van der Waals surface area contributed by atoms with Gasteiger partial charge in [0.1, 0.15) is 11.5 Å². The first kappa shape index (κ1) is 13.3. The average molecular weight is 263 g/mol. The average Bonchev–Trinajstić information content (AvgIpc) is 2.32. The van der Waals surface area contributed by atoms with E-state index in [2.05, 4.69) is 9.64 Å². The van der Waals surface area contributed by atoms with Gasteiger partial charge in [-0.05, 0) is 25.1 Å². The fraction of sp³-hybridized carbons (Fsp3) is 0.0833. The Labute approximate surface area is 109 Å². The molecule has 0 aliphatic carbocycles. The van der Waals surface area contributed by atoms with Gasteiger partial charge in [-0.1, -0.05) is 0 Å². The van der Waals surface area contributed by atoms with Crippen LogP contribution in [0.15, 0.2) is 36.5 Å². The van der Waals surface area contributed by atoms with Crippen LogP contribution in [-0.2, 0) is 0 Å². The number of halogens is 1. The van der Waals surface area contributed by atoms with Gasteiger partial charge in [0.25, 0.3) is 0 Å². The highest BCUT2D eigenvalue weighted by molar-refractivity contribution is 6.33. The molecule has 0 atom stereocenters. The first-order valence-electron chi connectivity index (χ1n) is 5.47. The third-order valence-electron chi connectivity index (χ3n) is 2.24. The molecule has 0 aliphatic heterocycles. The van der Waals surface area contributed by atoms with Gasteiger partial charge in [-0.2, -0.15) is 0 Å². The smallest absolute Gasteiger partial charge is 0.512 e. The third-order valence-corrected chi connectivity index (χ3v) is 2.24. The van der Waals surface area contributed by atoms with E-state index >= 15 is 0 Å². The quantitative estimate of drug-likeness (QED) is 0.821. The van der Waals surface area contributed by atoms with E-state index in [1.807, 2.05) is 0 Å². The minimum absolute atomic E-state index is 0.00498. The number of rotatable bonds is 4. The standard InChI is InChI=1S/C12H11BFNO4/c1-8-6-9(4-5-15-8)18-12-3-2-10(7-11(12)14)19-13(16)17/h2-7,16-17H,1H3. The van der Waals surface area contributed by atoms with Crippen LogP contribution in [0.5, 0.6) is 17.2 Å². The second-order valence-electron chi connectivity index (χ2n) is 3.77. The van der Waals surface area contributed by atoms with E-state index in [0.717, 1.165) is 11.8 Å². The van der Waals surface area contributed by atoms with Crippen LogP contribution >= 0.6 is 0 Å². The highest BCUT2D eigenvalue weighted by Gasteiger charge is 2.13. The number of pyridine rings is 1. The highest BCUT2D eigenvalue weighted by atomic mass is 19.1. The van der Waals surface area contributed by atoms with Crippen LogP contribution in [0.3, 0.4) is 0 Å². The number of hydrogen-bond donors (Lipinski definition) is 2. The first-order valence-corrected chi connectivity index (χ1v) is 5.47. The van der Waals surface area contributed by atoms with Crippen molar-refractivity contribution in [2.45, 2.75) is 6.92 Å². The lowest BCUT2D eigenvalue weighted by atomic mass is 10.2. The maximum atomic E-state index is 13.7. The topological polar surface area (TPSA) is 71.8 Å². The summed E-state index contributed by atoms with van der Waals surface area (Å²) in [5, 5.41) is 17.2. The lowest BCUT2D eigenvalue weighted by Gasteiger charge is -2.09. The normalized spacial score (nSPS) is 10.1. The second kappa shape index (κ2) is 5.68. The van der Waals surface area contributed by atoms with Crippen LogP contribution in [0.2, 0.25) is 0 Å². The van der Waals surface area contributed by atoms with Gasteiger partial charge in [0.2, 0.25) is 0 Å². The molecule has 0 spiro atoms. The van der Waals surface area contributed by atoms with Gasteiger partial charge < -0.3 is 19.4 Å². The van der Waals surface area contributed by atoms with Crippen molar-refractivity contribution in [3.05, 3.63) is 48.0 Å². The number of nitrogens with zero attached hydrogens (tertiary/aromatic N) is 1. The predicted octanol–water partition coefficient (Wildman–Crippen LogP) is 1.67. The molecule has 0 radical (unpaired) electrons. The lowest BCUT2D eigenvalue weighted by Crippen LogP contribution is -2.20. The molecule has 98 valence electrons. The molecule has 0 unspecified atom stereocenters. The van der Waals surface area contributed by atoms with Crippen LogP contribution in [0.25, 0.3) is 0 Å². The maximum Gasteiger partial charge on any atom is 0.707 e. The fourth-order valence-corrected chi connectivity index (χ4v) is 1.47. The monoisotopic (exact) mass is 263 g/mol. The Kier molecular flexibility index (Phi) is 3.98. The molecule has 0 bridgehead atoms. The van der Waals surface area contributed by atoms with E-state index in [0.29, 0.717) is 5.75 Å². The summed E-state index contributed by atoms with van der Waals surface area (Å²) in [6.45, 7) is 1.79. The molecule has 0 fully saturated rings. The van der Waals surface area contributed by atoms with E-state index in [1.165, 1.54) is 12.1 Å². The fourth-order valence-electron chi connectivity index (χ4n) is 1.47. The summed E-state index contributed by atoms with van der Waals surface area (Å²) in [5.74, 6) is -0.217. The molecule has 2 aromatic rings. The van der Waals surface area contributed by atoms with Crippen molar-refractivity contribution in [3.63, 3.8) is 0 Å². The van der Waals surface area contributed by atoms with E-state index in [-0.39, 0.29) is 11.5 Å². The molecule has 0 amide bonds. The van der Waals surface area contributed by atoms with Gasteiger partial charge in [0, 0.05) is 24.0 Å². The number of ether oxygens (including phenoxy) is 1. The van der Waals surface area contributed by atoms with Crippen LogP contribution in [-0.4, -0.2) is 22.4 Å². The second-order valence-corrected chi connectivity index (χ2v) is 3.77. The summed E-state index contributed by atoms with van der Waals surface area (Å²) < 4.78 is 23.6. The van der Waals surface area contributed by atoms with Gasteiger partial charge in [0.15, 0.2) is 11.6 Å². The van der Waals surface area contributed by atoms with Gasteiger partial charge in [-0.25, -0.2) is 4.39 Å². The van der Waals surface area contributed by atoms with Crippen molar-refractivity contribution >= 4 is 7.32 Å². The lowest BCUT2D eigenvalue weighted by molar-refractivity contribution is 0.287. The predicted molar refractivity (Wildman–Crippen MR) is 66.3 cm³/mol. The molecule has 0 saturated carbocycles. The molecule has 19 heavy (non-hydrogen) atoms. The Morgan fingerprint density at radius 2 is 1.95 bits per heavy atom. The number of hydrogen-bond acceptors (Lipinski definition) is 5. The number of benzene rings is 1. The van der Waals surface area contributed by atoms with Gasteiger partial charge in [-0.15, -0.1) is 0 Å². The Balaban J connectivity index is 2.17. The molecule has 0 aliphatic rings. The summed E-state index contributed by atoms with van der Waals surface area (Å²) in [7, 11) is -1.99. The van der Waals surface area contributed by atoms with Crippen molar-refractivity contribution in [2.75, 3.05) is 0 Å². The highest BCUT2D eigenvalue weighted by Crippen LogP contribution is 2.27.